The second kappa shape index (κ2) is 5.07. The number of carbonyl (C=O) groups is 1. The van der Waals surface area contributed by atoms with Crippen LogP contribution in [0.2, 0.25) is 0 Å². The largest absolute Gasteiger partial charge is 0.374 e. The van der Waals surface area contributed by atoms with Crippen molar-refractivity contribution in [1.82, 2.24) is 0 Å². The lowest BCUT2D eigenvalue weighted by Gasteiger charge is -2.28. The first-order valence-electron chi connectivity index (χ1n) is 6.50. The van der Waals surface area contributed by atoms with Gasteiger partial charge in [0.15, 0.2) is 5.78 Å². The summed E-state index contributed by atoms with van der Waals surface area (Å²) in [6.07, 6.45) is 2.26. The van der Waals surface area contributed by atoms with E-state index < -0.39 is 0 Å². The van der Waals surface area contributed by atoms with Crippen LogP contribution in [-0.4, -0.2) is 30.2 Å². The zero-order valence-corrected chi connectivity index (χ0v) is 12.0. The number of ether oxygens (including phenoxy) is 2. The van der Waals surface area contributed by atoms with Crippen LogP contribution in [0.3, 0.4) is 0 Å². The highest BCUT2D eigenvalue weighted by Gasteiger charge is 2.50. The number of carbonyl (C=O) groups excluding carboxylic acids is 1. The number of ketones is 1. The van der Waals surface area contributed by atoms with Crippen molar-refractivity contribution in [3.8, 4) is 0 Å². The number of Topliss-reactive ketones (excluding diaryl/α,β-unsaturated/α-hetero) is 1. The lowest BCUT2D eigenvalue weighted by atomic mass is 9.81. The molecule has 3 heteroatoms. The molecule has 1 fully saturated rings. The van der Waals surface area contributed by atoms with E-state index in [9.17, 15) is 4.79 Å². The third-order valence-electron chi connectivity index (χ3n) is 3.57. The highest BCUT2D eigenvalue weighted by molar-refractivity contribution is 5.86. The molecule has 0 aliphatic carbocycles. The van der Waals surface area contributed by atoms with Gasteiger partial charge in [0, 0.05) is 7.11 Å². The summed E-state index contributed by atoms with van der Waals surface area (Å²) in [5, 5.41) is 0. The minimum Gasteiger partial charge on any atom is -0.374 e. The van der Waals surface area contributed by atoms with Gasteiger partial charge in [-0.15, -0.1) is 0 Å². The van der Waals surface area contributed by atoms with Crippen LogP contribution in [0, 0.1) is 5.92 Å². The molecule has 0 N–H and O–H groups in total. The summed E-state index contributed by atoms with van der Waals surface area (Å²) < 4.78 is 11.3. The van der Waals surface area contributed by atoms with Gasteiger partial charge in [0.25, 0.3) is 0 Å². The fourth-order valence-electron chi connectivity index (χ4n) is 2.87. The fourth-order valence-corrected chi connectivity index (χ4v) is 2.87. The Morgan fingerprint density at radius 1 is 1.41 bits per heavy atom. The predicted octanol–water partition coefficient (Wildman–Crippen LogP) is 2.96. The van der Waals surface area contributed by atoms with E-state index in [1.807, 2.05) is 27.7 Å². The molecule has 3 nitrogen and oxygen atoms in total. The van der Waals surface area contributed by atoms with E-state index in [2.05, 4.69) is 6.92 Å². The van der Waals surface area contributed by atoms with E-state index in [1.54, 1.807) is 7.11 Å². The van der Waals surface area contributed by atoms with Crippen molar-refractivity contribution in [2.24, 2.45) is 5.92 Å². The predicted molar refractivity (Wildman–Crippen MR) is 68.1 cm³/mol. The van der Waals surface area contributed by atoms with E-state index in [0.717, 1.165) is 19.3 Å². The van der Waals surface area contributed by atoms with Crippen LogP contribution in [0.15, 0.2) is 0 Å². The normalized spacial score (nSPS) is 28.0. The van der Waals surface area contributed by atoms with Gasteiger partial charge in [0.05, 0.1) is 17.1 Å². The monoisotopic (exact) mass is 242 g/mol. The fraction of sp³-hybridized carbons (Fsp3) is 0.929. The topological polar surface area (TPSA) is 35.5 Å². The molecule has 100 valence electrons. The van der Waals surface area contributed by atoms with Gasteiger partial charge in [-0.05, 0) is 40.5 Å². The molecule has 0 aromatic heterocycles. The molecule has 0 amide bonds. The summed E-state index contributed by atoms with van der Waals surface area (Å²) >= 11 is 0. The van der Waals surface area contributed by atoms with Gasteiger partial charge in [-0.25, -0.2) is 0 Å². The summed E-state index contributed by atoms with van der Waals surface area (Å²) in [6.45, 7) is 10.2. The molecule has 0 aromatic rings. The molecule has 0 radical (unpaired) electrons. The molecular weight excluding hydrogens is 216 g/mol. The Morgan fingerprint density at radius 3 is 2.35 bits per heavy atom. The van der Waals surface area contributed by atoms with Crippen molar-refractivity contribution in [3.63, 3.8) is 0 Å². The van der Waals surface area contributed by atoms with Crippen molar-refractivity contribution in [1.29, 1.82) is 0 Å². The van der Waals surface area contributed by atoms with Crippen molar-refractivity contribution in [3.05, 3.63) is 0 Å². The molecule has 1 aliphatic rings. The summed E-state index contributed by atoms with van der Waals surface area (Å²) in [5.74, 6) is 0.138. The lowest BCUT2D eigenvalue weighted by molar-refractivity contribution is -0.139. The molecule has 2 unspecified atom stereocenters. The van der Waals surface area contributed by atoms with Crippen LogP contribution in [0.5, 0.6) is 0 Å². The summed E-state index contributed by atoms with van der Waals surface area (Å²) in [5.41, 5.74) is -0.598. The van der Waals surface area contributed by atoms with E-state index >= 15 is 0 Å². The molecule has 1 rings (SSSR count). The second-order valence-corrected chi connectivity index (χ2v) is 6.14. The van der Waals surface area contributed by atoms with Crippen molar-refractivity contribution in [2.45, 2.75) is 71.2 Å². The Bertz CT molecular complexity index is 281. The first-order chi connectivity index (χ1) is 7.73. The maximum atomic E-state index is 12.5. The number of methoxy groups -OCH3 is 1. The number of rotatable bonds is 5. The van der Waals surface area contributed by atoms with Crippen LogP contribution < -0.4 is 0 Å². The second-order valence-electron chi connectivity index (χ2n) is 6.14. The first kappa shape index (κ1) is 14.7. The molecular formula is C14H26O3. The Balaban J connectivity index is 2.81. The van der Waals surface area contributed by atoms with E-state index in [-0.39, 0.29) is 29.0 Å². The molecule has 1 heterocycles. The molecule has 0 aromatic carbocycles. The Labute approximate surface area is 105 Å². The SMILES string of the molecule is CCCC(OC)C(=O)C1CC(C)(C)OC1(C)C. The number of hydrogen-bond acceptors (Lipinski definition) is 3. The molecule has 1 aliphatic heterocycles. The van der Waals surface area contributed by atoms with E-state index in [0.29, 0.717) is 0 Å². The van der Waals surface area contributed by atoms with Crippen LogP contribution in [0.25, 0.3) is 0 Å². The summed E-state index contributed by atoms with van der Waals surface area (Å²) in [7, 11) is 1.62. The van der Waals surface area contributed by atoms with Crippen LogP contribution in [0.1, 0.15) is 53.9 Å². The smallest absolute Gasteiger partial charge is 0.167 e. The van der Waals surface area contributed by atoms with Gasteiger partial charge in [-0.3, -0.25) is 4.79 Å². The Hall–Kier alpha value is -0.410. The lowest BCUT2D eigenvalue weighted by Crippen LogP contribution is -2.39. The number of hydrogen-bond donors (Lipinski definition) is 0. The maximum Gasteiger partial charge on any atom is 0.167 e. The molecule has 17 heavy (non-hydrogen) atoms. The molecule has 1 saturated heterocycles. The average Bonchev–Trinajstić information content (AvgIpc) is 2.42. The van der Waals surface area contributed by atoms with E-state index in [4.69, 9.17) is 9.47 Å². The van der Waals surface area contributed by atoms with Gasteiger partial charge in [0.2, 0.25) is 0 Å². The third kappa shape index (κ3) is 3.29. The third-order valence-corrected chi connectivity index (χ3v) is 3.57. The zero-order chi connectivity index (χ0) is 13.3. The maximum absolute atomic E-state index is 12.5. The van der Waals surface area contributed by atoms with Gasteiger partial charge < -0.3 is 9.47 Å². The Kier molecular flexibility index (Phi) is 4.37. The van der Waals surface area contributed by atoms with Gasteiger partial charge in [0.1, 0.15) is 6.10 Å². The van der Waals surface area contributed by atoms with Gasteiger partial charge in [-0.1, -0.05) is 13.3 Å². The highest BCUT2D eigenvalue weighted by Crippen LogP contribution is 2.43. The highest BCUT2D eigenvalue weighted by atomic mass is 16.5. The standard InChI is InChI=1S/C14H26O3/c1-7-8-11(16-6)12(15)10-9-13(2,3)17-14(10,4)5/h10-11H,7-9H2,1-6H3. The van der Waals surface area contributed by atoms with Crippen LogP contribution >= 0.6 is 0 Å². The summed E-state index contributed by atoms with van der Waals surface area (Å²) in [4.78, 5) is 12.5. The van der Waals surface area contributed by atoms with Crippen molar-refractivity contribution < 1.29 is 14.3 Å². The Morgan fingerprint density at radius 2 is 2.00 bits per heavy atom. The minimum absolute atomic E-state index is 0.0611. The molecule has 0 spiro atoms. The van der Waals surface area contributed by atoms with Crippen molar-refractivity contribution in [2.75, 3.05) is 7.11 Å². The van der Waals surface area contributed by atoms with Crippen LogP contribution in [-0.2, 0) is 14.3 Å². The summed E-state index contributed by atoms with van der Waals surface area (Å²) in [6, 6.07) is 0. The van der Waals surface area contributed by atoms with Gasteiger partial charge >= 0.3 is 0 Å². The average molecular weight is 242 g/mol. The van der Waals surface area contributed by atoms with Crippen LogP contribution in [0.4, 0.5) is 0 Å². The van der Waals surface area contributed by atoms with Crippen molar-refractivity contribution >= 4 is 5.78 Å². The van der Waals surface area contributed by atoms with E-state index in [1.165, 1.54) is 0 Å². The first-order valence-corrected chi connectivity index (χ1v) is 6.50. The zero-order valence-electron chi connectivity index (χ0n) is 12.0. The quantitative estimate of drug-likeness (QED) is 0.743. The molecule has 0 bridgehead atoms. The molecule has 0 saturated carbocycles. The molecule has 2 atom stereocenters. The minimum atomic E-state index is -0.384. The van der Waals surface area contributed by atoms with Gasteiger partial charge in [-0.2, -0.15) is 0 Å².